The topological polar surface area (TPSA) is 62.2 Å². The number of hydrogen-bond acceptors (Lipinski definition) is 6. The van der Waals surface area contributed by atoms with Crippen LogP contribution in [0.5, 0.6) is 0 Å². The van der Waals surface area contributed by atoms with Crippen LogP contribution in [0.1, 0.15) is 39.4 Å². The Hall–Kier alpha value is -2.02. The number of amides is 1. The predicted molar refractivity (Wildman–Crippen MR) is 86.2 cm³/mol. The maximum atomic E-state index is 12.0. The summed E-state index contributed by atoms with van der Waals surface area (Å²) < 4.78 is 0. The van der Waals surface area contributed by atoms with Gasteiger partial charge in [0, 0.05) is 26.8 Å². The van der Waals surface area contributed by atoms with Crippen LogP contribution in [0.2, 0.25) is 0 Å². The predicted octanol–water partition coefficient (Wildman–Crippen LogP) is 2.28. The van der Waals surface area contributed by atoms with E-state index in [9.17, 15) is 4.79 Å². The quantitative estimate of drug-likeness (QED) is 0.869. The molecule has 2 aromatic rings. The van der Waals surface area contributed by atoms with E-state index in [0.717, 1.165) is 36.0 Å². The van der Waals surface area contributed by atoms with Gasteiger partial charge in [-0.25, -0.2) is 15.0 Å². The zero-order chi connectivity index (χ0) is 15.7. The van der Waals surface area contributed by atoms with E-state index in [-0.39, 0.29) is 11.9 Å². The molecule has 0 saturated carbocycles. The van der Waals surface area contributed by atoms with Crippen LogP contribution in [0.4, 0.5) is 5.82 Å². The van der Waals surface area contributed by atoms with E-state index in [2.05, 4.69) is 19.9 Å². The Morgan fingerprint density at radius 1 is 1.41 bits per heavy atom. The first-order chi connectivity index (χ1) is 10.6. The molecule has 0 N–H and O–H groups in total. The highest BCUT2D eigenvalue weighted by atomic mass is 32.1. The lowest BCUT2D eigenvalue weighted by molar-refractivity contribution is 0.0832. The maximum absolute atomic E-state index is 12.0. The minimum atomic E-state index is 0.00572. The summed E-state index contributed by atoms with van der Waals surface area (Å²) in [5.74, 6) is 1.71. The number of anilines is 1. The van der Waals surface area contributed by atoms with Gasteiger partial charge in [-0.3, -0.25) is 4.79 Å². The van der Waals surface area contributed by atoms with Gasteiger partial charge < -0.3 is 9.80 Å². The number of aromatic nitrogens is 3. The molecule has 116 valence electrons. The van der Waals surface area contributed by atoms with Gasteiger partial charge in [0.25, 0.3) is 5.91 Å². The molecular formula is C15H19N5OS. The van der Waals surface area contributed by atoms with Gasteiger partial charge in [0.2, 0.25) is 0 Å². The molecule has 6 nitrogen and oxygen atoms in total. The second-order valence-electron chi connectivity index (χ2n) is 5.58. The average molecular weight is 317 g/mol. The Labute approximate surface area is 133 Å². The van der Waals surface area contributed by atoms with Crippen molar-refractivity contribution in [1.29, 1.82) is 0 Å². The Morgan fingerprint density at radius 3 is 2.95 bits per heavy atom. The molecule has 1 aliphatic heterocycles. The number of rotatable bonds is 3. The number of carbonyl (C=O) groups is 1. The van der Waals surface area contributed by atoms with Gasteiger partial charge in [-0.1, -0.05) is 0 Å². The van der Waals surface area contributed by atoms with Gasteiger partial charge in [0.05, 0.1) is 12.2 Å². The van der Waals surface area contributed by atoms with Crippen LogP contribution in [-0.2, 0) is 0 Å². The zero-order valence-electron chi connectivity index (χ0n) is 13.0. The molecule has 2 aromatic heterocycles. The molecule has 1 fully saturated rings. The summed E-state index contributed by atoms with van der Waals surface area (Å²) in [7, 11) is 3.51. The van der Waals surface area contributed by atoms with Crippen molar-refractivity contribution in [2.75, 3.05) is 25.5 Å². The van der Waals surface area contributed by atoms with Crippen molar-refractivity contribution < 1.29 is 4.79 Å². The molecule has 1 atom stereocenters. The summed E-state index contributed by atoms with van der Waals surface area (Å²) in [5.41, 5.74) is 0. The number of aryl methyl sites for hydroxylation is 1. The minimum absolute atomic E-state index is 0.00572. The highest BCUT2D eigenvalue weighted by molar-refractivity contribution is 7.13. The summed E-state index contributed by atoms with van der Waals surface area (Å²) in [6, 6.07) is 2.13. The smallest absolute Gasteiger partial charge is 0.265 e. The van der Waals surface area contributed by atoms with Crippen LogP contribution in [0.3, 0.4) is 0 Å². The molecular weight excluding hydrogens is 298 g/mol. The number of nitrogens with zero attached hydrogens (tertiary/aromatic N) is 5. The van der Waals surface area contributed by atoms with Gasteiger partial charge in [-0.15, -0.1) is 11.3 Å². The first-order valence-electron chi connectivity index (χ1n) is 7.30. The van der Waals surface area contributed by atoms with Crippen LogP contribution in [0, 0.1) is 6.92 Å². The summed E-state index contributed by atoms with van der Waals surface area (Å²) in [6.45, 7) is 2.85. The second-order valence-corrected chi connectivity index (χ2v) is 6.64. The van der Waals surface area contributed by atoms with Crippen molar-refractivity contribution in [3.63, 3.8) is 0 Å². The van der Waals surface area contributed by atoms with Crippen molar-refractivity contribution in [2.24, 2.45) is 0 Å². The summed E-state index contributed by atoms with van der Waals surface area (Å²) >= 11 is 1.48. The van der Waals surface area contributed by atoms with Gasteiger partial charge in [-0.2, -0.15) is 0 Å². The first-order valence-corrected chi connectivity index (χ1v) is 8.11. The third-order valence-corrected chi connectivity index (χ3v) is 4.82. The largest absolute Gasteiger partial charge is 0.347 e. The van der Waals surface area contributed by atoms with Crippen LogP contribution >= 0.6 is 11.3 Å². The molecule has 3 rings (SSSR count). The fraction of sp³-hybridized carbons (Fsp3) is 0.467. The van der Waals surface area contributed by atoms with Crippen molar-refractivity contribution in [2.45, 2.75) is 25.8 Å². The van der Waals surface area contributed by atoms with Crippen molar-refractivity contribution in [3.05, 3.63) is 34.2 Å². The van der Waals surface area contributed by atoms with E-state index in [4.69, 9.17) is 0 Å². The standard InChI is InChI=1S/C15H19N5OS/c1-10-16-7-6-13(18-10)20-8-4-5-11(20)14-17-9-12(22-14)15(21)19(2)3/h6-7,9,11H,4-5,8H2,1-3H3. The van der Waals surface area contributed by atoms with Crippen molar-refractivity contribution in [3.8, 4) is 0 Å². The molecule has 1 unspecified atom stereocenters. The molecule has 0 bridgehead atoms. The number of thiazole rings is 1. The Morgan fingerprint density at radius 2 is 2.23 bits per heavy atom. The van der Waals surface area contributed by atoms with E-state index < -0.39 is 0 Å². The van der Waals surface area contributed by atoms with Crippen LogP contribution in [0.25, 0.3) is 0 Å². The normalized spacial score (nSPS) is 17.8. The number of carbonyl (C=O) groups excluding carboxylic acids is 1. The van der Waals surface area contributed by atoms with Gasteiger partial charge >= 0.3 is 0 Å². The Kier molecular flexibility index (Phi) is 4.06. The lowest BCUT2D eigenvalue weighted by Gasteiger charge is -2.24. The fourth-order valence-corrected chi connectivity index (χ4v) is 3.75. The van der Waals surface area contributed by atoms with E-state index in [1.54, 1.807) is 31.4 Å². The zero-order valence-corrected chi connectivity index (χ0v) is 13.8. The SMILES string of the molecule is Cc1nccc(N2CCCC2c2ncc(C(=O)N(C)C)s2)n1. The highest BCUT2D eigenvalue weighted by Crippen LogP contribution is 2.37. The third-order valence-electron chi connectivity index (χ3n) is 3.73. The average Bonchev–Trinajstić information content (AvgIpc) is 3.15. The third kappa shape index (κ3) is 2.81. The van der Waals surface area contributed by atoms with Gasteiger partial charge in [-0.05, 0) is 25.8 Å². The lowest BCUT2D eigenvalue weighted by Crippen LogP contribution is -2.23. The lowest BCUT2D eigenvalue weighted by atomic mass is 10.2. The molecule has 0 radical (unpaired) electrons. The van der Waals surface area contributed by atoms with Gasteiger partial charge in [0.15, 0.2) is 0 Å². The van der Waals surface area contributed by atoms with Crippen LogP contribution in [0.15, 0.2) is 18.5 Å². The summed E-state index contributed by atoms with van der Waals surface area (Å²) in [4.78, 5) is 29.7. The van der Waals surface area contributed by atoms with E-state index >= 15 is 0 Å². The van der Waals surface area contributed by atoms with Crippen molar-refractivity contribution in [1.82, 2.24) is 19.9 Å². The number of hydrogen-bond donors (Lipinski definition) is 0. The van der Waals surface area contributed by atoms with Crippen LogP contribution in [-0.4, -0.2) is 46.4 Å². The van der Waals surface area contributed by atoms with E-state index in [0.29, 0.717) is 4.88 Å². The molecule has 22 heavy (non-hydrogen) atoms. The second kappa shape index (κ2) is 6.00. The highest BCUT2D eigenvalue weighted by Gasteiger charge is 2.30. The van der Waals surface area contributed by atoms with E-state index in [1.165, 1.54) is 11.3 Å². The maximum Gasteiger partial charge on any atom is 0.265 e. The molecule has 1 saturated heterocycles. The minimum Gasteiger partial charge on any atom is -0.347 e. The summed E-state index contributed by atoms with van der Waals surface area (Å²) in [6.07, 6.45) is 5.61. The molecule has 1 aliphatic rings. The molecule has 0 spiro atoms. The molecule has 7 heteroatoms. The van der Waals surface area contributed by atoms with Crippen molar-refractivity contribution >= 4 is 23.1 Å². The molecule has 0 aromatic carbocycles. The Balaban J connectivity index is 1.86. The fourth-order valence-electron chi connectivity index (χ4n) is 2.66. The molecule has 0 aliphatic carbocycles. The van der Waals surface area contributed by atoms with Crippen LogP contribution < -0.4 is 4.90 Å². The monoisotopic (exact) mass is 317 g/mol. The molecule has 1 amide bonds. The molecule has 3 heterocycles. The van der Waals surface area contributed by atoms with E-state index in [1.807, 2.05) is 13.0 Å². The first kappa shape index (κ1) is 14.9. The van der Waals surface area contributed by atoms with Gasteiger partial charge in [0.1, 0.15) is 21.5 Å². The Bertz CT molecular complexity index is 684. The summed E-state index contributed by atoms with van der Waals surface area (Å²) in [5, 5.41) is 0.985.